The third-order valence-corrected chi connectivity index (χ3v) is 3.34. The molecule has 0 amide bonds. The summed E-state index contributed by atoms with van der Waals surface area (Å²) in [4.78, 5) is 24.2. The quantitative estimate of drug-likeness (QED) is 0.794. The van der Waals surface area contributed by atoms with Crippen molar-refractivity contribution in [3.8, 4) is 0 Å². The molecule has 0 saturated heterocycles. The maximum absolute atomic E-state index is 12.5. The zero-order valence-corrected chi connectivity index (χ0v) is 13.4. The van der Waals surface area contributed by atoms with Gasteiger partial charge >= 0.3 is 5.97 Å². The van der Waals surface area contributed by atoms with Crippen molar-refractivity contribution in [3.05, 3.63) is 40.6 Å². The Morgan fingerprint density at radius 1 is 1.45 bits per heavy atom. The van der Waals surface area contributed by atoms with E-state index >= 15 is 0 Å². The van der Waals surface area contributed by atoms with Gasteiger partial charge in [0.2, 0.25) is 0 Å². The van der Waals surface area contributed by atoms with Crippen LogP contribution >= 0.6 is 0 Å². The fraction of sp³-hybridized carbons (Fsp3) is 0.438. The number of fused-ring (bicyclic) bond motifs is 1. The van der Waals surface area contributed by atoms with Crippen molar-refractivity contribution in [2.75, 3.05) is 6.61 Å². The molecular weight excluding hydrogens is 282 g/mol. The van der Waals surface area contributed by atoms with E-state index in [0.29, 0.717) is 11.3 Å². The summed E-state index contributed by atoms with van der Waals surface area (Å²) < 4.78 is 7.85. The van der Waals surface area contributed by atoms with Gasteiger partial charge in [0.1, 0.15) is 17.9 Å². The largest absolute Gasteiger partial charge is 0.465 e. The van der Waals surface area contributed by atoms with Crippen LogP contribution in [0.3, 0.4) is 0 Å². The van der Waals surface area contributed by atoms with Crippen LogP contribution in [-0.2, 0) is 16.1 Å². The number of nitrogens with zero attached hydrogens (tertiary/aromatic N) is 3. The summed E-state index contributed by atoms with van der Waals surface area (Å²) in [6.45, 7) is 11.6. The normalized spacial score (nSPS) is 11.1. The predicted octanol–water partition coefficient (Wildman–Crippen LogP) is 2.22. The van der Waals surface area contributed by atoms with Crippen molar-refractivity contribution in [3.63, 3.8) is 0 Å². The highest BCUT2D eigenvalue weighted by atomic mass is 16.5. The average Bonchev–Trinajstić information content (AvgIpc) is 2.87. The molecule has 0 aliphatic heterocycles. The lowest BCUT2D eigenvalue weighted by molar-refractivity contribution is -0.144. The molecule has 0 N–H and O–H groups in total. The first-order valence-corrected chi connectivity index (χ1v) is 7.29. The lowest BCUT2D eigenvalue weighted by atomic mass is 10.2. The van der Waals surface area contributed by atoms with E-state index in [4.69, 9.17) is 4.74 Å². The minimum absolute atomic E-state index is 0.0990. The number of rotatable bonds is 5. The minimum Gasteiger partial charge on any atom is -0.465 e. The van der Waals surface area contributed by atoms with Gasteiger partial charge in [-0.25, -0.2) is 4.68 Å². The number of esters is 1. The highest BCUT2D eigenvalue weighted by Crippen LogP contribution is 2.18. The molecule has 0 aromatic carbocycles. The summed E-state index contributed by atoms with van der Waals surface area (Å²) in [6.07, 6.45) is 1.86. The van der Waals surface area contributed by atoms with E-state index in [2.05, 4.69) is 11.7 Å². The first-order valence-electron chi connectivity index (χ1n) is 7.29. The number of aromatic nitrogens is 3. The molecular formula is C16H21N3O3. The van der Waals surface area contributed by atoms with Crippen molar-refractivity contribution in [1.29, 1.82) is 0 Å². The number of hydrogen-bond acceptors (Lipinski definition) is 4. The fourth-order valence-corrected chi connectivity index (χ4v) is 2.23. The van der Waals surface area contributed by atoms with Crippen molar-refractivity contribution in [2.45, 2.75) is 40.2 Å². The molecule has 0 atom stereocenters. The fourth-order valence-electron chi connectivity index (χ4n) is 2.23. The van der Waals surface area contributed by atoms with Crippen LogP contribution in [0.25, 0.3) is 11.1 Å². The van der Waals surface area contributed by atoms with Crippen LogP contribution in [0.15, 0.2) is 23.6 Å². The molecule has 0 bridgehead atoms. The number of carbonyl (C=O) groups excluding carboxylic acids is 1. The Bertz CT molecular complexity index is 784. The van der Waals surface area contributed by atoms with Gasteiger partial charge in [-0.15, -0.1) is 0 Å². The van der Waals surface area contributed by atoms with Gasteiger partial charge in [0.15, 0.2) is 0 Å². The Kier molecular flexibility index (Phi) is 4.49. The molecule has 2 heterocycles. The summed E-state index contributed by atoms with van der Waals surface area (Å²) in [5.41, 5.74) is 1.93. The Hall–Kier alpha value is -2.37. The second-order valence-corrected chi connectivity index (χ2v) is 5.55. The Labute approximate surface area is 129 Å². The lowest BCUT2D eigenvalue weighted by Crippen LogP contribution is -2.30. The summed E-state index contributed by atoms with van der Waals surface area (Å²) >= 11 is 0. The monoisotopic (exact) mass is 303 g/mol. The number of carbonyl (C=O) groups is 1. The van der Waals surface area contributed by atoms with E-state index in [1.54, 1.807) is 17.4 Å². The number of hydrogen-bond donors (Lipinski definition) is 0. The van der Waals surface area contributed by atoms with E-state index in [1.165, 1.54) is 4.68 Å². The average molecular weight is 303 g/mol. The van der Waals surface area contributed by atoms with E-state index in [9.17, 15) is 9.59 Å². The van der Waals surface area contributed by atoms with Gasteiger partial charge in [0, 0.05) is 12.1 Å². The van der Waals surface area contributed by atoms with E-state index in [-0.39, 0.29) is 24.6 Å². The topological polar surface area (TPSA) is 65.6 Å². The highest BCUT2D eigenvalue weighted by Gasteiger charge is 2.16. The summed E-state index contributed by atoms with van der Waals surface area (Å²) in [7, 11) is 0. The van der Waals surface area contributed by atoms with Crippen LogP contribution in [0.2, 0.25) is 0 Å². The summed E-state index contributed by atoms with van der Waals surface area (Å²) in [5, 5.41) is 4.33. The molecule has 22 heavy (non-hydrogen) atoms. The van der Waals surface area contributed by atoms with Crippen LogP contribution in [-0.4, -0.2) is 26.8 Å². The third-order valence-electron chi connectivity index (χ3n) is 3.34. The maximum Gasteiger partial charge on any atom is 0.327 e. The maximum atomic E-state index is 12.5. The molecule has 2 aromatic heterocycles. The van der Waals surface area contributed by atoms with Gasteiger partial charge in [0.05, 0.1) is 6.61 Å². The standard InChI is InChI=1S/C16H21N3O3/c1-6-22-14(20)9-19-16(21)13-7-12(10(2)3)8-18(13)15(17-19)11(4)5/h7-8,11H,2,6,9H2,1,3-5H3. The lowest BCUT2D eigenvalue weighted by Gasteiger charge is -2.12. The molecule has 2 rings (SSSR count). The van der Waals surface area contributed by atoms with Gasteiger partial charge in [-0.2, -0.15) is 5.10 Å². The molecule has 0 saturated carbocycles. The highest BCUT2D eigenvalue weighted by molar-refractivity contribution is 5.70. The van der Waals surface area contributed by atoms with Crippen molar-refractivity contribution in [1.82, 2.24) is 14.2 Å². The zero-order valence-electron chi connectivity index (χ0n) is 13.4. The molecule has 6 heteroatoms. The van der Waals surface area contributed by atoms with Gasteiger partial charge < -0.3 is 4.74 Å². The van der Waals surface area contributed by atoms with Crippen molar-refractivity contribution in [2.24, 2.45) is 0 Å². The zero-order chi connectivity index (χ0) is 16.4. The summed E-state index contributed by atoms with van der Waals surface area (Å²) in [6, 6.07) is 1.78. The van der Waals surface area contributed by atoms with Crippen LogP contribution in [0.4, 0.5) is 0 Å². The molecule has 0 radical (unpaired) electrons. The van der Waals surface area contributed by atoms with Crippen LogP contribution in [0.1, 0.15) is 45.0 Å². The molecule has 0 aliphatic carbocycles. The SMILES string of the molecule is C=C(C)c1cc2c(=O)n(CC(=O)OCC)nc(C(C)C)n2c1. The number of allylic oxidation sites excluding steroid dienone is 1. The van der Waals surface area contributed by atoms with E-state index < -0.39 is 5.97 Å². The van der Waals surface area contributed by atoms with Gasteiger partial charge in [-0.05, 0) is 31.1 Å². The minimum atomic E-state index is -0.470. The Balaban J connectivity index is 2.64. The first-order chi connectivity index (χ1) is 10.3. The molecule has 118 valence electrons. The molecule has 6 nitrogen and oxygen atoms in total. The molecule has 0 unspecified atom stereocenters. The van der Waals surface area contributed by atoms with Crippen LogP contribution < -0.4 is 5.56 Å². The third kappa shape index (κ3) is 2.95. The van der Waals surface area contributed by atoms with Crippen molar-refractivity contribution < 1.29 is 9.53 Å². The Morgan fingerprint density at radius 2 is 2.14 bits per heavy atom. The molecule has 2 aromatic rings. The van der Waals surface area contributed by atoms with Crippen LogP contribution in [0.5, 0.6) is 0 Å². The molecule has 0 fully saturated rings. The Morgan fingerprint density at radius 3 is 2.68 bits per heavy atom. The van der Waals surface area contributed by atoms with Gasteiger partial charge in [-0.3, -0.25) is 14.0 Å². The second-order valence-electron chi connectivity index (χ2n) is 5.55. The molecule has 0 aliphatic rings. The van der Waals surface area contributed by atoms with E-state index in [0.717, 1.165) is 11.1 Å². The summed E-state index contributed by atoms with van der Waals surface area (Å²) in [5.74, 6) is 0.344. The number of ether oxygens (including phenoxy) is 1. The van der Waals surface area contributed by atoms with Gasteiger partial charge in [-0.1, -0.05) is 20.4 Å². The molecule has 0 spiro atoms. The second kappa shape index (κ2) is 6.17. The van der Waals surface area contributed by atoms with Gasteiger partial charge in [0.25, 0.3) is 5.56 Å². The van der Waals surface area contributed by atoms with E-state index in [1.807, 2.05) is 27.0 Å². The first kappa shape index (κ1) is 16.0. The van der Waals surface area contributed by atoms with Crippen molar-refractivity contribution >= 4 is 17.1 Å². The predicted molar refractivity (Wildman–Crippen MR) is 84.9 cm³/mol. The van der Waals surface area contributed by atoms with Crippen LogP contribution in [0, 0.1) is 0 Å². The smallest absolute Gasteiger partial charge is 0.327 e.